The summed E-state index contributed by atoms with van der Waals surface area (Å²) in [6.07, 6.45) is -3.54. The van der Waals surface area contributed by atoms with Gasteiger partial charge in [0.15, 0.2) is 0 Å². The predicted octanol–water partition coefficient (Wildman–Crippen LogP) is 2.60. The van der Waals surface area contributed by atoms with Crippen LogP contribution < -0.4 is 5.43 Å². The zero-order valence-electron chi connectivity index (χ0n) is 12.7. The third-order valence-corrected chi connectivity index (χ3v) is 3.37. The fraction of sp³-hybridized carbons (Fsp3) is 0.125. The van der Waals surface area contributed by atoms with Gasteiger partial charge >= 0.3 is 6.18 Å². The van der Waals surface area contributed by atoms with Crippen molar-refractivity contribution in [1.29, 1.82) is 0 Å². The van der Waals surface area contributed by atoms with Gasteiger partial charge in [-0.05, 0) is 18.2 Å². The van der Waals surface area contributed by atoms with Crippen LogP contribution in [0.5, 0.6) is 0 Å². The lowest BCUT2D eigenvalue weighted by atomic mass is 10.1. The minimum absolute atomic E-state index is 0.137. The van der Waals surface area contributed by atoms with Crippen LogP contribution in [0.1, 0.15) is 11.1 Å². The Morgan fingerprint density at radius 2 is 1.88 bits per heavy atom. The number of hydrogen-bond acceptors (Lipinski definition) is 4. The highest BCUT2D eigenvalue weighted by atomic mass is 19.4. The van der Waals surface area contributed by atoms with Crippen LogP contribution in [0.15, 0.2) is 53.6 Å². The summed E-state index contributed by atoms with van der Waals surface area (Å²) in [7, 11) is 0. The van der Waals surface area contributed by atoms with Crippen molar-refractivity contribution in [2.75, 3.05) is 0 Å². The van der Waals surface area contributed by atoms with E-state index in [4.69, 9.17) is 0 Å². The second-order valence-electron chi connectivity index (χ2n) is 5.11. The average molecular weight is 347 g/mol. The van der Waals surface area contributed by atoms with Crippen molar-refractivity contribution in [3.63, 3.8) is 0 Å². The van der Waals surface area contributed by atoms with Crippen LogP contribution in [0.4, 0.5) is 13.2 Å². The van der Waals surface area contributed by atoms with Crippen LogP contribution in [0.3, 0.4) is 0 Å². The van der Waals surface area contributed by atoms with Gasteiger partial charge in [0, 0.05) is 5.56 Å². The maximum absolute atomic E-state index is 12.9. The van der Waals surface area contributed by atoms with Crippen LogP contribution >= 0.6 is 0 Å². The highest BCUT2D eigenvalue weighted by molar-refractivity contribution is 5.84. The zero-order chi connectivity index (χ0) is 17.9. The largest absolute Gasteiger partial charge is 0.417 e. The molecule has 0 atom stereocenters. The summed E-state index contributed by atoms with van der Waals surface area (Å²) < 4.78 is 40.0. The summed E-state index contributed by atoms with van der Waals surface area (Å²) in [4.78, 5) is 11.9. The van der Waals surface area contributed by atoms with Gasteiger partial charge in [-0.25, -0.2) is 10.1 Å². The highest BCUT2D eigenvalue weighted by Gasteiger charge is 2.32. The van der Waals surface area contributed by atoms with Gasteiger partial charge in [0.25, 0.3) is 5.91 Å². The monoisotopic (exact) mass is 347 g/mol. The normalized spacial score (nSPS) is 12.0. The van der Waals surface area contributed by atoms with Crippen molar-refractivity contribution in [3.05, 3.63) is 59.7 Å². The molecule has 0 radical (unpaired) electrons. The number of para-hydroxylation sites is 1. The third-order valence-electron chi connectivity index (χ3n) is 3.37. The maximum Gasteiger partial charge on any atom is 0.417 e. The number of hydrogen-bond donors (Lipinski definition) is 1. The smallest absolute Gasteiger partial charge is 0.271 e. The molecule has 0 spiro atoms. The quantitative estimate of drug-likeness (QED) is 0.582. The molecule has 25 heavy (non-hydrogen) atoms. The second-order valence-corrected chi connectivity index (χ2v) is 5.11. The van der Waals surface area contributed by atoms with Crippen LogP contribution in [0.2, 0.25) is 0 Å². The fourth-order valence-electron chi connectivity index (χ4n) is 2.25. The number of fused-ring (bicyclic) bond motifs is 1. The Hall–Kier alpha value is -3.23. The molecule has 0 unspecified atom stereocenters. The molecular weight excluding hydrogens is 335 g/mol. The molecule has 0 aliphatic rings. The number of aromatic nitrogens is 3. The van der Waals surface area contributed by atoms with E-state index < -0.39 is 17.6 Å². The first kappa shape index (κ1) is 16.6. The highest BCUT2D eigenvalue weighted by Crippen LogP contribution is 2.30. The fourth-order valence-corrected chi connectivity index (χ4v) is 2.25. The Kier molecular flexibility index (Phi) is 4.46. The molecular formula is C16H12F3N5O. The van der Waals surface area contributed by atoms with Gasteiger partial charge in [-0.2, -0.15) is 18.3 Å². The lowest BCUT2D eigenvalue weighted by Gasteiger charge is -2.09. The summed E-state index contributed by atoms with van der Waals surface area (Å²) in [5.41, 5.74) is 2.53. The topological polar surface area (TPSA) is 72.2 Å². The number of amides is 1. The Labute approximate surface area is 139 Å². The molecule has 1 amide bonds. The van der Waals surface area contributed by atoms with Gasteiger partial charge in [0.1, 0.15) is 12.1 Å². The zero-order valence-corrected chi connectivity index (χ0v) is 12.7. The number of carbonyl (C=O) groups is 1. The number of benzene rings is 2. The summed E-state index contributed by atoms with van der Waals surface area (Å²) in [6, 6.07) is 12.0. The molecule has 0 fully saturated rings. The summed E-state index contributed by atoms with van der Waals surface area (Å²) >= 11 is 0. The van der Waals surface area contributed by atoms with Gasteiger partial charge in [0.2, 0.25) is 0 Å². The molecule has 2 aromatic carbocycles. The first-order chi connectivity index (χ1) is 11.9. The molecule has 1 heterocycles. The molecule has 3 rings (SSSR count). The Morgan fingerprint density at radius 3 is 2.68 bits per heavy atom. The van der Waals surface area contributed by atoms with E-state index in [1.54, 1.807) is 24.3 Å². The van der Waals surface area contributed by atoms with E-state index in [-0.39, 0.29) is 12.1 Å². The van der Waals surface area contributed by atoms with E-state index in [1.807, 2.05) is 0 Å². The molecule has 0 saturated carbocycles. The number of halogens is 3. The Bertz CT molecular complexity index is 933. The SMILES string of the molecule is O=C(Cn1nnc2ccccc21)N/N=C\c1ccccc1C(F)(F)F. The molecule has 6 nitrogen and oxygen atoms in total. The Morgan fingerprint density at radius 1 is 1.16 bits per heavy atom. The minimum atomic E-state index is -4.49. The molecule has 3 aromatic rings. The molecule has 1 N–H and O–H groups in total. The maximum atomic E-state index is 12.9. The summed E-state index contributed by atoms with van der Waals surface area (Å²) in [6.45, 7) is -0.154. The standard InChI is InChI=1S/C16H12F3N5O/c17-16(18,19)12-6-2-1-5-11(12)9-20-22-15(25)10-24-14-8-4-3-7-13(14)21-23-24/h1-9H,10H2,(H,22,25)/b20-9-. The molecule has 1 aromatic heterocycles. The van der Waals surface area contributed by atoms with E-state index in [1.165, 1.54) is 22.9 Å². The number of hydrazone groups is 1. The predicted molar refractivity (Wildman–Crippen MR) is 84.7 cm³/mol. The van der Waals surface area contributed by atoms with Gasteiger partial charge < -0.3 is 0 Å². The summed E-state index contributed by atoms with van der Waals surface area (Å²) in [5.74, 6) is -0.531. The molecule has 9 heteroatoms. The van der Waals surface area contributed by atoms with Crippen molar-refractivity contribution in [3.8, 4) is 0 Å². The lowest BCUT2D eigenvalue weighted by Crippen LogP contribution is -2.24. The minimum Gasteiger partial charge on any atom is -0.271 e. The van der Waals surface area contributed by atoms with Gasteiger partial charge in [-0.15, -0.1) is 5.10 Å². The van der Waals surface area contributed by atoms with Gasteiger partial charge in [-0.3, -0.25) is 4.79 Å². The first-order valence-corrected chi connectivity index (χ1v) is 7.21. The number of nitrogens with one attached hydrogen (secondary N) is 1. The molecule has 0 saturated heterocycles. The second kappa shape index (κ2) is 6.71. The van der Waals surface area contributed by atoms with E-state index in [2.05, 4.69) is 20.8 Å². The van der Waals surface area contributed by atoms with E-state index in [9.17, 15) is 18.0 Å². The number of carbonyl (C=O) groups excluding carboxylic acids is 1. The molecule has 128 valence electrons. The van der Waals surface area contributed by atoms with Crippen LogP contribution in [-0.2, 0) is 17.5 Å². The van der Waals surface area contributed by atoms with Crippen LogP contribution in [0, 0.1) is 0 Å². The average Bonchev–Trinajstić information content (AvgIpc) is 2.97. The van der Waals surface area contributed by atoms with Crippen molar-refractivity contribution in [2.45, 2.75) is 12.7 Å². The number of alkyl halides is 3. The summed E-state index contributed by atoms with van der Waals surface area (Å²) in [5, 5.41) is 11.4. The van der Waals surface area contributed by atoms with E-state index in [0.29, 0.717) is 11.0 Å². The van der Waals surface area contributed by atoms with Crippen molar-refractivity contribution < 1.29 is 18.0 Å². The molecule has 0 bridgehead atoms. The molecule has 0 aliphatic carbocycles. The van der Waals surface area contributed by atoms with Gasteiger partial charge in [-0.1, -0.05) is 35.5 Å². The van der Waals surface area contributed by atoms with E-state index >= 15 is 0 Å². The lowest BCUT2D eigenvalue weighted by molar-refractivity contribution is -0.137. The number of rotatable bonds is 4. The third kappa shape index (κ3) is 3.82. The van der Waals surface area contributed by atoms with Crippen molar-refractivity contribution in [2.24, 2.45) is 5.10 Å². The van der Waals surface area contributed by atoms with E-state index in [0.717, 1.165) is 12.3 Å². The number of nitrogens with zero attached hydrogens (tertiary/aromatic N) is 4. The Balaban J connectivity index is 1.68. The van der Waals surface area contributed by atoms with Crippen molar-refractivity contribution >= 4 is 23.2 Å². The van der Waals surface area contributed by atoms with Crippen LogP contribution in [-0.4, -0.2) is 27.1 Å². The van der Waals surface area contributed by atoms with Gasteiger partial charge in [0.05, 0.1) is 17.3 Å². The first-order valence-electron chi connectivity index (χ1n) is 7.21. The molecule has 0 aliphatic heterocycles. The van der Waals surface area contributed by atoms with Crippen LogP contribution in [0.25, 0.3) is 11.0 Å². The van der Waals surface area contributed by atoms with Crippen molar-refractivity contribution in [1.82, 2.24) is 20.4 Å².